The Bertz CT molecular complexity index is 559. The monoisotopic (exact) mass is 230 g/mol. The molecule has 3 N–H and O–H groups in total. The van der Waals surface area contributed by atoms with Gasteiger partial charge in [0.15, 0.2) is 0 Å². The highest BCUT2D eigenvalue weighted by atomic mass is 16.2. The second-order valence-electron chi connectivity index (χ2n) is 3.88. The highest BCUT2D eigenvalue weighted by molar-refractivity contribution is 6.04. The van der Waals surface area contributed by atoms with Crippen LogP contribution in [0.25, 0.3) is 0 Å². The van der Waals surface area contributed by atoms with E-state index in [1.54, 1.807) is 25.4 Å². The van der Waals surface area contributed by atoms with Crippen LogP contribution in [0.2, 0.25) is 0 Å². The van der Waals surface area contributed by atoms with Crippen LogP contribution in [0.3, 0.4) is 0 Å². The van der Waals surface area contributed by atoms with Gasteiger partial charge in [-0.1, -0.05) is 6.07 Å². The number of hydrogen-bond acceptors (Lipinski definition) is 3. The van der Waals surface area contributed by atoms with Crippen LogP contribution in [0.1, 0.15) is 16.1 Å². The second kappa shape index (κ2) is 4.29. The first kappa shape index (κ1) is 11.2. The lowest BCUT2D eigenvalue weighted by molar-refractivity contribution is 0.101. The van der Waals surface area contributed by atoms with Gasteiger partial charge in [0.2, 0.25) is 0 Å². The van der Waals surface area contributed by atoms with Crippen LogP contribution in [-0.2, 0) is 7.05 Å². The van der Waals surface area contributed by atoms with Gasteiger partial charge < -0.3 is 11.1 Å². The Morgan fingerprint density at radius 3 is 2.82 bits per heavy atom. The van der Waals surface area contributed by atoms with E-state index in [4.69, 9.17) is 5.73 Å². The van der Waals surface area contributed by atoms with Crippen molar-refractivity contribution in [3.05, 3.63) is 41.7 Å². The fourth-order valence-corrected chi connectivity index (χ4v) is 1.56. The van der Waals surface area contributed by atoms with E-state index in [1.165, 1.54) is 4.68 Å². The van der Waals surface area contributed by atoms with E-state index in [2.05, 4.69) is 10.4 Å². The Labute approximate surface area is 99.2 Å². The predicted molar refractivity (Wildman–Crippen MR) is 66.8 cm³/mol. The molecule has 2 aromatic rings. The van der Waals surface area contributed by atoms with E-state index < -0.39 is 0 Å². The summed E-state index contributed by atoms with van der Waals surface area (Å²) < 4.78 is 1.52. The SMILES string of the molecule is Cc1ccc(N)c(NC(=O)c2ccnn2C)c1. The molecule has 0 atom stereocenters. The van der Waals surface area contributed by atoms with Gasteiger partial charge in [-0.05, 0) is 30.7 Å². The molecule has 1 aromatic heterocycles. The predicted octanol–water partition coefficient (Wildman–Crippen LogP) is 1.56. The number of hydrogen-bond donors (Lipinski definition) is 2. The number of benzene rings is 1. The third-order valence-corrected chi connectivity index (χ3v) is 2.51. The first-order valence-electron chi connectivity index (χ1n) is 5.23. The van der Waals surface area contributed by atoms with Crippen molar-refractivity contribution in [3.8, 4) is 0 Å². The van der Waals surface area contributed by atoms with Crippen molar-refractivity contribution in [1.82, 2.24) is 9.78 Å². The Morgan fingerprint density at radius 1 is 1.41 bits per heavy atom. The molecule has 1 heterocycles. The molecule has 0 spiro atoms. The third kappa shape index (κ3) is 2.28. The number of rotatable bonds is 2. The molecule has 1 amide bonds. The zero-order valence-electron chi connectivity index (χ0n) is 9.77. The first-order chi connectivity index (χ1) is 8.08. The average molecular weight is 230 g/mol. The summed E-state index contributed by atoms with van der Waals surface area (Å²) in [5.74, 6) is -0.220. The highest BCUT2D eigenvalue weighted by Crippen LogP contribution is 2.20. The number of carbonyl (C=O) groups is 1. The van der Waals surface area contributed by atoms with Crippen LogP contribution in [0.5, 0.6) is 0 Å². The number of nitrogens with two attached hydrogens (primary N) is 1. The number of nitrogen functional groups attached to an aromatic ring is 1. The van der Waals surface area contributed by atoms with Gasteiger partial charge in [0.1, 0.15) is 5.69 Å². The lowest BCUT2D eigenvalue weighted by Crippen LogP contribution is -2.17. The lowest BCUT2D eigenvalue weighted by Gasteiger charge is -2.09. The van der Waals surface area contributed by atoms with Crippen molar-refractivity contribution in [3.63, 3.8) is 0 Å². The molecule has 0 bridgehead atoms. The normalized spacial score (nSPS) is 10.2. The summed E-state index contributed by atoms with van der Waals surface area (Å²) in [4.78, 5) is 11.9. The van der Waals surface area contributed by atoms with Gasteiger partial charge in [-0.25, -0.2) is 0 Å². The molecule has 2 rings (SSSR count). The average Bonchev–Trinajstić information content (AvgIpc) is 2.70. The molecule has 88 valence electrons. The Morgan fingerprint density at radius 2 is 2.18 bits per heavy atom. The maximum absolute atomic E-state index is 11.9. The molecule has 5 nitrogen and oxygen atoms in total. The number of aromatic nitrogens is 2. The molecule has 0 aliphatic rings. The molecule has 0 saturated heterocycles. The maximum atomic E-state index is 11.9. The minimum atomic E-state index is -0.220. The van der Waals surface area contributed by atoms with Crippen molar-refractivity contribution in [2.24, 2.45) is 7.05 Å². The quantitative estimate of drug-likeness (QED) is 0.769. The van der Waals surface area contributed by atoms with E-state index in [9.17, 15) is 4.79 Å². The number of anilines is 2. The summed E-state index contributed by atoms with van der Waals surface area (Å²) in [5, 5.41) is 6.71. The van der Waals surface area contributed by atoms with Gasteiger partial charge in [0.25, 0.3) is 5.91 Å². The van der Waals surface area contributed by atoms with Crippen molar-refractivity contribution in [2.75, 3.05) is 11.1 Å². The van der Waals surface area contributed by atoms with Crippen molar-refractivity contribution in [1.29, 1.82) is 0 Å². The molecule has 0 fully saturated rings. The van der Waals surface area contributed by atoms with Crippen LogP contribution in [-0.4, -0.2) is 15.7 Å². The lowest BCUT2D eigenvalue weighted by atomic mass is 10.2. The van der Waals surface area contributed by atoms with E-state index in [1.807, 2.05) is 19.1 Å². The molecule has 5 heteroatoms. The molecule has 0 radical (unpaired) electrons. The van der Waals surface area contributed by atoms with Gasteiger partial charge >= 0.3 is 0 Å². The number of aryl methyl sites for hydroxylation is 2. The Hall–Kier alpha value is -2.30. The molecule has 0 aliphatic carbocycles. The van der Waals surface area contributed by atoms with Crippen molar-refractivity contribution in [2.45, 2.75) is 6.92 Å². The molecule has 1 aromatic carbocycles. The Kier molecular flexibility index (Phi) is 2.82. The number of amides is 1. The Balaban J connectivity index is 2.24. The van der Waals surface area contributed by atoms with Gasteiger partial charge in [-0.15, -0.1) is 0 Å². The molecule has 17 heavy (non-hydrogen) atoms. The maximum Gasteiger partial charge on any atom is 0.273 e. The summed E-state index contributed by atoms with van der Waals surface area (Å²) in [5.41, 5.74) is 8.49. The summed E-state index contributed by atoms with van der Waals surface area (Å²) in [7, 11) is 1.72. The smallest absolute Gasteiger partial charge is 0.273 e. The fraction of sp³-hybridized carbons (Fsp3) is 0.167. The summed E-state index contributed by atoms with van der Waals surface area (Å²) in [6.07, 6.45) is 1.58. The summed E-state index contributed by atoms with van der Waals surface area (Å²) in [6.45, 7) is 1.94. The largest absolute Gasteiger partial charge is 0.397 e. The standard InChI is InChI=1S/C12H14N4O/c1-8-3-4-9(13)10(7-8)15-12(17)11-5-6-14-16(11)2/h3-7H,13H2,1-2H3,(H,15,17). The molecular weight excluding hydrogens is 216 g/mol. The van der Waals surface area contributed by atoms with E-state index in [0.717, 1.165) is 5.56 Å². The molecule has 0 unspecified atom stereocenters. The first-order valence-corrected chi connectivity index (χ1v) is 5.23. The fourth-order valence-electron chi connectivity index (χ4n) is 1.56. The van der Waals surface area contributed by atoms with Crippen LogP contribution in [0, 0.1) is 6.92 Å². The third-order valence-electron chi connectivity index (χ3n) is 2.51. The van der Waals surface area contributed by atoms with Gasteiger partial charge in [0.05, 0.1) is 11.4 Å². The molecular formula is C12H14N4O. The summed E-state index contributed by atoms with van der Waals surface area (Å²) >= 11 is 0. The number of carbonyl (C=O) groups excluding carboxylic acids is 1. The minimum absolute atomic E-state index is 0.220. The molecule has 0 saturated carbocycles. The second-order valence-corrected chi connectivity index (χ2v) is 3.88. The number of nitrogens with zero attached hydrogens (tertiary/aromatic N) is 2. The zero-order valence-corrected chi connectivity index (χ0v) is 9.77. The summed E-state index contributed by atoms with van der Waals surface area (Å²) in [6, 6.07) is 7.16. The van der Waals surface area contributed by atoms with Crippen molar-refractivity contribution >= 4 is 17.3 Å². The van der Waals surface area contributed by atoms with Crippen LogP contribution in [0.15, 0.2) is 30.5 Å². The van der Waals surface area contributed by atoms with Gasteiger partial charge in [-0.3, -0.25) is 9.48 Å². The number of nitrogens with one attached hydrogen (secondary N) is 1. The topological polar surface area (TPSA) is 72.9 Å². The van der Waals surface area contributed by atoms with Crippen molar-refractivity contribution < 1.29 is 4.79 Å². The van der Waals surface area contributed by atoms with E-state index in [-0.39, 0.29) is 5.91 Å². The van der Waals surface area contributed by atoms with E-state index >= 15 is 0 Å². The van der Waals surface area contributed by atoms with Gasteiger partial charge in [-0.2, -0.15) is 5.10 Å². The zero-order chi connectivity index (χ0) is 12.4. The van der Waals surface area contributed by atoms with Crippen LogP contribution in [0.4, 0.5) is 11.4 Å². The van der Waals surface area contributed by atoms with Gasteiger partial charge in [0, 0.05) is 13.2 Å². The minimum Gasteiger partial charge on any atom is -0.397 e. The van der Waals surface area contributed by atoms with Crippen LogP contribution < -0.4 is 11.1 Å². The molecule has 0 aliphatic heterocycles. The highest BCUT2D eigenvalue weighted by Gasteiger charge is 2.11. The van der Waals surface area contributed by atoms with E-state index in [0.29, 0.717) is 17.1 Å². The van der Waals surface area contributed by atoms with Crippen LogP contribution >= 0.6 is 0 Å².